The highest BCUT2D eigenvalue weighted by molar-refractivity contribution is 5.95. The molecule has 1 aliphatic heterocycles. The summed E-state index contributed by atoms with van der Waals surface area (Å²) in [5.74, 6) is 1.36. The fourth-order valence-corrected chi connectivity index (χ4v) is 3.64. The van der Waals surface area contributed by atoms with Gasteiger partial charge in [-0.05, 0) is 42.0 Å². The van der Waals surface area contributed by atoms with Crippen LogP contribution in [0.4, 0.5) is 11.6 Å². The Bertz CT molecular complexity index is 1270. The molecule has 1 aromatic carbocycles. The Kier molecular flexibility index (Phi) is 6.62. The van der Waals surface area contributed by atoms with Crippen molar-refractivity contribution >= 4 is 28.7 Å². The van der Waals surface area contributed by atoms with E-state index in [0.717, 1.165) is 11.3 Å². The molecule has 9 nitrogen and oxygen atoms in total. The van der Waals surface area contributed by atoms with E-state index in [9.17, 15) is 9.90 Å². The summed E-state index contributed by atoms with van der Waals surface area (Å²) in [6.45, 7) is 4.90. The zero-order chi connectivity index (χ0) is 23.4. The number of hydrogen-bond donors (Lipinski definition) is 2. The average Bonchev–Trinajstić information content (AvgIpc) is 3.24. The number of imidazole rings is 1. The number of morpholine rings is 1. The van der Waals surface area contributed by atoms with Crippen molar-refractivity contribution in [2.24, 2.45) is 0 Å². The van der Waals surface area contributed by atoms with Crippen molar-refractivity contribution < 1.29 is 14.6 Å². The summed E-state index contributed by atoms with van der Waals surface area (Å²) in [4.78, 5) is 27.7. The highest BCUT2D eigenvalue weighted by Crippen LogP contribution is 2.31. The standard InChI is InChI=1S/C22H20N6O3.C2H6/c23-20-16(2-1-9-24-20)21-25-17-7-8-18(27-10-11-31-13-19(27)30)26-22(17)28(21)15-5-3-14(12-29)4-6-15;1-2/h1-9,29H,10-13H2,(H2,23,24);1-2H3. The molecule has 1 fully saturated rings. The molecule has 9 heteroatoms. The van der Waals surface area contributed by atoms with Gasteiger partial charge in [0.15, 0.2) is 11.5 Å². The molecule has 0 atom stereocenters. The molecule has 3 N–H and O–H groups in total. The number of rotatable bonds is 4. The molecule has 33 heavy (non-hydrogen) atoms. The summed E-state index contributed by atoms with van der Waals surface area (Å²) in [6.07, 6.45) is 1.63. The first-order valence-electron chi connectivity index (χ1n) is 10.8. The summed E-state index contributed by atoms with van der Waals surface area (Å²) in [7, 11) is 0. The molecule has 0 radical (unpaired) electrons. The number of anilines is 2. The van der Waals surface area contributed by atoms with Gasteiger partial charge in [0.25, 0.3) is 5.91 Å². The van der Waals surface area contributed by atoms with E-state index in [4.69, 9.17) is 20.4 Å². The smallest absolute Gasteiger partial charge is 0.254 e. The van der Waals surface area contributed by atoms with Gasteiger partial charge in [-0.1, -0.05) is 26.0 Å². The molecular weight excluding hydrogens is 420 g/mol. The second-order valence-electron chi connectivity index (χ2n) is 7.14. The number of nitrogens with two attached hydrogens (primary N) is 1. The van der Waals surface area contributed by atoms with E-state index >= 15 is 0 Å². The number of benzene rings is 1. The Labute approximate surface area is 191 Å². The number of carbonyl (C=O) groups is 1. The predicted octanol–water partition coefficient (Wildman–Crippen LogP) is 2.95. The Balaban J connectivity index is 0.00000126. The third-order valence-electron chi connectivity index (χ3n) is 5.21. The number of fused-ring (bicyclic) bond motifs is 1. The number of pyridine rings is 2. The van der Waals surface area contributed by atoms with Crippen LogP contribution in [0.2, 0.25) is 0 Å². The third kappa shape index (κ3) is 4.28. The van der Waals surface area contributed by atoms with Crippen LogP contribution in [0.25, 0.3) is 28.2 Å². The predicted molar refractivity (Wildman–Crippen MR) is 127 cm³/mol. The van der Waals surface area contributed by atoms with Crippen LogP contribution in [-0.4, -0.2) is 50.3 Å². The first-order chi connectivity index (χ1) is 16.2. The fraction of sp³-hybridized carbons (Fsp3) is 0.250. The lowest BCUT2D eigenvalue weighted by Gasteiger charge is -2.25. The van der Waals surface area contributed by atoms with E-state index in [1.54, 1.807) is 23.2 Å². The van der Waals surface area contributed by atoms with E-state index < -0.39 is 0 Å². The summed E-state index contributed by atoms with van der Waals surface area (Å²) in [6, 6.07) is 14.7. The zero-order valence-electron chi connectivity index (χ0n) is 18.6. The number of amides is 1. The lowest BCUT2D eigenvalue weighted by molar-refractivity contribution is -0.125. The molecule has 1 saturated heterocycles. The first kappa shape index (κ1) is 22.4. The van der Waals surface area contributed by atoms with E-state index in [1.807, 2.05) is 54.8 Å². The van der Waals surface area contributed by atoms with Gasteiger partial charge < -0.3 is 15.6 Å². The number of nitrogen functional groups attached to an aromatic ring is 1. The zero-order valence-corrected chi connectivity index (χ0v) is 18.6. The molecule has 1 amide bonds. The van der Waals surface area contributed by atoms with Gasteiger partial charge >= 0.3 is 0 Å². The summed E-state index contributed by atoms with van der Waals surface area (Å²) in [5, 5.41) is 9.40. The molecule has 4 heterocycles. The van der Waals surface area contributed by atoms with Gasteiger partial charge in [-0.15, -0.1) is 0 Å². The summed E-state index contributed by atoms with van der Waals surface area (Å²) < 4.78 is 7.12. The topological polar surface area (TPSA) is 119 Å². The normalized spacial score (nSPS) is 13.7. The number of hydrogen-bond acceptors (Lipinski definition) is 7. The maximum absolute atomic E-state index is 12.3. The molecule has 0 bridgehead atoms. The Morgan fingerprint density at radius 2 is 1.88 bits per heavy atom. The summed E-state index contributed by atoms with van der Waals surface area (Å²) in [5.41, 5.74) is 9.67. The molecule has 0 aliphatic carbocycles. The Morgan fingerprint density at radius 1 is 1.09 bits per heavy atom. The molecule has 4 aromatic rings. The number of aliphatic hydroxyl groups is 1. The maximum Gasteiger partial charge on any atom is 0.254 e. The van der Waals surface area contributed by atoms with Crippen molar-refractivity contribution in [3.8, 4) is 17.1 Å². The van der Waals surface area contributed by atoms with Crippen molar-refractivity contribution in [2.45, 2.75) is 20.5 Å². The van der Waals surface area contributed by atoms with Crippen LogP contribution in [0.1, 0.15) is 19.4 Å². The fourth-order valence-electron chi connectivity index (χ4n) is 3.64. The average molecular weight is 447 g/mol. The minimum absolute atomic E-state index is 0.0407. The van der Waals surface area contributed by atoms with Gasteiger partial charge in [0, 0.05) is 11.9 Å². The highest BCUT2D eigenvalue weighted by atomic mass is 16.5. The van der Waals surface area contributed by atoms with Crippen LogP contribution in [0.15, 0.2) is 54.7 Å². The van der Waals surface area contributed by atoms with Crippen molar-refractivity contribution in [3.05, 3.63) is 60.3 Å². The minimum atomic E-state index is -0.131. The van der Waals surface area contributed by atoms with E-state index in [1.165, 1.54) is 0 Å². The Hall–Kier alpha value is -3.82. The van der Waals surface area contributed by atoms with Gasteiger partial charge in [0.05, 0.1) is 25.3 Å². The molecule has 0 unspecified atom stereocenters. The second-order valence-corrected chi connectivity index (χ2v) is 7.14. The van der Waals surface area contributed by atoms with Crippen LogP contribution >= 0.6 is 0 Å². The van der Waals surface area contributed by atoms with E-state index in [2.05, 4.69) is 4.98 Å². The van der Waals surface area contributed by atoms with Crippen LogP contribution in [-0.2, 0) is 16.1 Å². The van der Waals surface area contributed by atoms with E-state index in [-0.39, 0.29) is 19.1 Å². The van der Waals surface area contributed by atoms with Crippen molar-refractivity contribution in [3.63, 3.8) is 0 Å². The number of ether oxygens (including phenoxy) is 1. The SMILES string of the molecule is CC.Nc1ncccc1-c1nc2ccc(N3CCOCC3=O)nc2n1-c1ccc(CO)cc1. The third-order valence-corrected chi connectivity index (χ3v) is 5.21. The van der Waals surface area contributed by atoms with Crippen molar-refractivity contribution in [1.29, 1.82) is 0 Å². The Morgan fingerprint density at radius 3 is 2.58 bits per heavy atom. The maximum atomic E-state index is 12.3. The van der Waals surface area contributed by atoms with Crippen LogP contribution in [0.3, 0.4) is 0 Å². The molecule has 170 valence electrons. The lowest BCUT2D eigenvalue weighted by atomic mass is 10.2. The number of carbonyl (C=O) groups excluding carboxylic acids is 1. The molecule has 0 spiro atoms. The highest BCUT2D eigenvalue weighted by Gasteiger charge is 2.24. The molecule has 1 aliphatic rings. The van der Waals surface area contributed by atoms with Crippen LogP contribution in [0, 0.1) is 0 Å². The number of aliphatic hydroxyl groups excluding tert-OH is 1. The molecular formula is C24H26N6O3. The van der Waals surface area contributed by atoms with Crippen LogP contribution < -0.4 is 10.6 Å². The van der Waals surface area contributed by atoms with Gasteiger partial charge in [0.1, 0.15) is 23.8 Å². The molecule has 5 rings (SSSR count). The largest absolute Gasteiger partial charge is 0.392 e. The van der Waals surface area contributed by atoms with Crippen molar-refractivity contribution in [1.82, 2.24) is 19.5 Å². The van der Waals surface area contributed by atoms with Gasteiger partial charge in [0.2, 0.25) is 0 Å². The van der Waals surface area contributed by atoms with Crippen molar-refractivity contribution in [2.75, 3.05) is 30.4 Å². The van der Waals surface area contributed by atoms with Gasteiger partial charge in [-0.3, -0.25) is 14.3 Å². The lowest BCUT2D eigenvalue weighted by Crippen LogP contribution is -2.42. The molecule has 0 saturated carbocycles. The monoisotopic (exact) mass is 446 g/mol. The molecule has 3 aromatic heterocycles. The van der Waals surface area contributed by atoms with Crippen LogP contribution in [0.5, 0.6) is 0 Å². The number of aromatic nitrogens is 4. The van der Waals surface area contributed by atoms with Gasteiger partial charge in [-0.25, -0.2) is 15.0 Å². The quantitative estimate of drug-likeness (QED) is 0.495. The number of nitrogens with zero attached hydrogens (tertiary/aromatic N) is 5. The van der Waals surface area contributed by atoms with Gasteiger partial charge in [-0.2, -0.15) is 0 Å². The second kappa shape index (κ2) is 9.76. The van der Waals surface area contributed by atoms with E-state index in [0.29, 0.717) is 47.3 Å². The minimum Gasteiger partial charge on any atom is -0.392 e. The summed E-state index contributed by atoms with van der Waals surface area (Å²) >= 11 is 0. The first-order valence-corrected chi connectivity index (χ1v) is 10.8.